The minimum absolute atomic E-state index is 0.365. The number of ether oxygens (including phenoxy) is 2. The highest BCUT2D eigenvalue weighted by molar-refractivity contribution is 5.72. The van der Waals surface area contributed by atoms with Crippen molar-refractivity contribution in [2.24, 2.45) is 0 Å². The van der Waals surface area contributed by atoms with Gasteiger partial charge >= 0.3 is 0 Å². The van der Waals surface area contributed by atoms with E-state index in [0.717, 1.165) is 5.56 Å². The first-order valence-electron chi connectivity index (χ1n) is 5.76. The van der Waals surface area contributed by atoms with Gasteiger partial charge < -0.3 is 15.2 Å². The Morgan fingerprint density at radius 2 is 1.89 bits per heavy atom. The smallest absolute Gasteiger partial charge is 0.213 e. The third-order valence-electron chi connectivity index (χ3n) is 2.67. The van der Waals surface area contributed by atoms with Crippen LogP contribution >= 0.6 is 0 Å². The Morgan fingerprint density at radius 1 is 1.16 bits per heavy atom. The summed E-state index contributed by atoms with van der Waals surface area (Å²) in [7, 11) is 1.54. The molecule has 4 nitrogen and oxygen atoms in total. The summed E-state index contributed by atoms with van der Waals surface area (Å²) in [6.45, 7) is 7.47. The number of rotatable bonds is 4. The van der Waals surface area contributed by atoms with Crippen LogP contribution in [0.1, 0.15) is 5.56 Å². The van der Waals surface area contributed by atoms with Crippen molar-refractivity contribution in [1.29, 1.82) is 0 Å². The Balaban J connectivity index is 2.22. The Labute approximate surface area is 112 Å². The van der Waals surface area contributed by atoms with Gasteiger partial charge in [-0.3, -0.25) is 0 Å². The Hall–Kier alpha value is -2.67. The molecule has 0 fully saturated rings. The molecule has 0 amide bonds. The van der Waals surface area contributed by atoms with E-state index in [1.165, 1.54) is 0 Å². The highest BCUT2D eigenvalue weighted by Crippen LogP contribution is 2.36. The molecule has 0 atom stereocenters. The monoisotopic (exact) mass is 254 g/mol. The van der Waals surface area contributed by atoms with Crippen LogP contribution in [0.25, 0.3) is 4.85 Å². The number of benzene rings is 2. The maximum atomic E-state index is 7.05. The molecule has 2 aromatic carbocycles. The van der Waals surface area contributed by atoms with Crippen LogP contribution in [-0.4, -0.2) is 7.11 Å². The van der Waals surface area contributed by atoms with Gasteiger partial charge in [-0.15, -0.1) is 0 Å². The van der Waals surface area contributed by atoms with Crippen molar-refractivity contribution in [3.05, 3.63) is 59.4 Å². The van der Waals surface area contributed by atoms with Gasteiger partial charge in [0, 0.05) is 5.69 Å². The lowest BCUT2D eigenvalue weighted by Gasteiger charge is -2.12. The number of hydrogen-bond donors (Lipinski definition) is 1. The number of nitrogen functional groups attached to an aromatic ring is 1. The van der Waals surface area contributed by atoms with Gasteiger partial charge in [0.15, 0.2) is 11.5 Å². The zero-order chi connectivity index (χ0) is 13.7. The third kappa shape index (κ3) is 2.96. The van der Waals surface area contributed by atoms with Crippen molar-refractivity contribution in [2.75, 3.05) is 12.8 Å². The molecule has 2 rings (SSSR count). The van der Waals surface area contributed by atoms with Gasteiger partial charge in [-0.1, -0.05) is 30.3 Å². The van der Waals surface area contributed by atoms with Crippen LogP contribution in [-0.2, 0) is 6.61 Å². The fourth-order valence-electron chi connectivity index (χ4n) is 1.67. The second-order valence-corrected chi connectivity index (χ2v) is 3.95. The first-order chi connectivity index (χ1) is 9.24. The normalized spacial score (nSPS) is 9.68. The standard InChI is InChI=1S/C15H14N2O2/c1-17-13-9-15(14(18-2)8-12(13)16)19-10-11-6-4-3-5-7-11/h3-9H,10,16H2,2H3. The second-order valence-electron chi connectivity index (χ2n) is 3.95. The van der Waals surface area contributed by atoms with Crippen LogP contribution in [0, 0.1) is 6.57 Å². The van der Waals surface area contributed by atoms with Gasteiger partial charge in [0.25, 0.3) is 0 Å². The van der Waals surface area contributed by atoms with Crippen LogP contribution in [0.3, 0.4) is 0 Å². The number of methoxy groups -OCH3 is 1. The highest BCUT2D eigenvalue weighted by Gasteiger charge is 2.09. The van der Waals surface area contributed by atoms with Crippen LogP contribution in [0.15, 0.2) is 42.5 Å². The number of anilines is 1. The molecule has 0 saturated heterocycles. The lowest BCUT2D eigenvalue weighted by molar-refractivity contribution is 0.285. The van der Waals surface area contributed by atoms with E-state index in [2.05, 4.69) is 4.85 Å². The van der Waals surface area contributed by atoms with Crippen molar-refractivity contribution in [3.8, 4) is 11.5 Å². The summed E-state index contributed by atoms with van der Waals surface area (Å²) >= 11 is 0. The average Bonchev–Trinajstić information content (AvgIpc) is 2.46. The van der Waals surface area contributed by atoms with Crippen LogP contribution < -0.4 is 15.2 Å². The van der Waals surface area contributed by atoms with E-state index in [4.69, 9.17) is 21.8 Å². The predicted molar refractivity (Wildman–Crippen MR) is 74.4 cm³/mol. The van der Waals surface area contributed by atoms with Crippen molar-refractivity contribution in [3.63, 3.8) is 0 Å². The number of nitrogens with two attached hydrogens (primary N) is 1. The van der Waals surface area contributed by atoms with E-state index in [1.807, 2.05) is 30.3 Å². The zero-order valence-corrected chi connectivity index (χ0v) is 10.6. The number of nitrogens with zero attached hydrogens (tertiary/aromatic N) is 1. The van der Waals surface area contributed by atoms with E-state index in [1.54, 1.807) is 19.2 Å². The summed E-state index contributed by atoms with van der Waals surface area (Å²) in [6.07, 6.45) is 0. The summed E-state index contributed by atoms with van der Waals surface area (Å²) in [5, 5.41) is 0. The Morgan fingerprint density at radius 3 is 2.53 bits per heavy atom. The van der Waals surface area contributed by atoms with Crippen molar-refractivity contribution < 1.29 is 9.47 Å². The quantitative estimate of drug-likeness (QED) is 0.672. The summed E-state index contributed by atoms with van der Waals surface area (Å²) in [4.78, 5) is 3.35. The van der Waals surface area contributed by atoms with Crippen molar-refractivity contribution in [2.45, 2.75) is 6.61 Å². The van der Waals surface area contributed by atoms with Crippen LogP contribution in [0.5, 0.6) is 11.5 Å². The van der Waals surface area contributed by atoms with E-state index < -0.39 is 0 Å². The molecule has 0 aliphatic carbocycles. The topological polar surface area (TPSA) is 48.8 Å². The highest BCUT2D eigenvalue weighted by atomic mass is 16.5. The average molecular weight is 254 g/mol. The number of hydrogen-bond acceptors (Lipinski definition) is 3. The van der Waals surface area contributed by atoms with Gasteiger partial charge in [-0.05, 0) is 17.7 Å². The summed E-state index contributed by atoms with van der Waals surface area (Å²) in [5.41, 5.74) is 7.53. The van der Waals surface area contributed by atoms with Crippen molar-refractivity contribution in [1.82, 2.24) is 0 Å². The summed E-state index contributed by atoms with van der Waals surface area (Å²) < 4.78 is 10.9. The molecule has 0 bridgehead atoms. The molecule has 19 heavy (non-hydrogen) atoms. The van der Waals surface area contributed by atoms with Gasteiger partial charge in [0.2, 0.25) is 5.69 Å². The minimum Gasteiger partial charge on any atom is -0.493 e. The lowest BCUT2D eigenvalue weighted by atomic mass is 10.2. The zero-order valence-electron chi connectivity index (χ0n) is 10.6. The maximum Gasteiger partial charge on any atom is 0.213 e. The van der Waals surface area contributed by atoms with Crippen LogP contribution in [0.4, 0.5) is 11.4 Å². The van der Waals surface area contributed by atoms with Gasteiger partial charge in [-0.25, -0.2) is 4.85 Å². The van der Waals surface area contributed by atoms with Gasteiger partial charge in [-0.2, -0.15) is 0 Å². The predicted octanol–water partition coefficient (Wildman–Crippen LogP) is 3.41. The first-order valence-corrected chi connectivity index (χ1v) is 5.76. The Kier molecular flexibility index (Phi) is 3.89. The van der Waals surface area contributed by atoms with Gasteiger partial charge in [0.1, 0.15) is 6.61 Å². The molecular formula is C15H14N2O2. The molecule has 0 heterocycles. The largest absolute Gasteiger partial charge is 0.493 e. The molecule has 0 radical (unpaired) electrons. The van der Waals surface area contributed by atoms with E-state index >= 15 is 0 Å². The van der Waals surface area contributed by atoms with Gasteiger partial charge in [0.05, 0.1) is 13.7 Å². The van der Waals surface area contributed by atoms with Crippen molar-refractivity contribution >= 4 is 11.4 Å². The van der Waals surface area contributed by atoms with E-state index in [-0.39, 0.29) is 0 Å². The third-order valence-corrected chi connectivity index (χ3v) is 2.67. The molecule has 96 valence electrons. The van der Waals surface area contributed by atoms with E-state index in [0.29, 0.717) is 29.5 Å². The SMILES string of the molecule is [C-]#[N+]c1cc(OCc2ccccc2)c(OC)cc1N. The Bertz CT molecular complexity index is 604. The summed E-state index contributed by atoms with van der Waals surface area (Å²) in [5.74, 6) is 1.05. The summed E-state index contributed by atoms with van der Waals surface area (Å²) in [6, 6.07) is 13.0. The molecular weight excluding hydrogens is 240 g/mol. The molecule has 0 aliphatic heterocycles. The van der Waals surface area contributed by atoms with Crippen LogP contribution in [0.2, 0.25) is 0 Å². The molecule has 2 aromatic rings. The molecule has 0 aliphatic rings. The molecule has 0 saturated carbocycles. The molecule has 0 unspecified atom stereocenters. The lowest BCUT2D eigenvalue weighted by Crippen LogP contribution is -1.98. The van der Waals surface area contributed by atoms with E-state index in [9.17, 15) is 0 Å². The fourth-order valence-corrected chi connectivity index (χ4v) is 1.67. The fraction of sp³-hybridized carbons (Fsp3) is 0.133. The molecule has 4 heteroatoms. The first kappa shape index (κ1) is 12.8. The molecule has 0 spiro atoms. The second kappa shape index (κ2) is 5.78. The minimum atomic E-state index is 0.365. The molecule has 2 N–H and O–H groups in total. The molecule has 0 aromatic heterocycles. The maximum absolute atomic E-state index is 7.05.